The van der Waals surface area contributed by atoms with Crippen molar-refractivity contribution >= 4 is 11.0 Å². The van der Waals surface area contributed by atoms with Crippen molar-refractivity contribution in [2.75, 3.05) is 33.4 Å². The van der Waals surface area contributed by atoms with Gasteiger partial charge in [-0.2, -0.15) is 0 Å². The number of nitrogens with zero attached hydrogens (tertiary/aromatic N) is 2. The van der Waals surface area contributed by atoms with E-state index in [2.05, 4.69) is 35.2 Å². The van der Waals surface area contributed by atoms with Gasteiger partial charge in [0, 0.05) is 17.8 Å². The van der Waals surface area contributed by atoms with Crippen LogP contribution in [0.3, 0.4) is 0 Å². The van der Waals surface area contributed by atoms with Crippen LogP contribution in [0.4, 0.5) is 0 Å². The summed E-state index contributed by atoms with van der Waals surface area (Å²) >= 11 is 0. The van der Waals surface area contributed by atoms with Gasteiger partial charge in [-0.05, 0) is 81.6 Å². The molecule has 31 heavy (non-hydrogen) atoms. The Balaban J connectivity index is 1.24. The largest absolute Gasteiger partial charge is 0.493 e. The standard InChI is InChI=1S/C25H32N2O4/c1-17-5-7-21-23(15-17)31-26-25(21)19-9-12-27(13-10-19)11-4-14-30-22-8-6-20(18(2)28)16-24(22)29-3/h5-8,15-16,18-19,28H,4,9-14H2,1-3H3. The summed E-state index contributed by atoms with van der Waals surface area (Å²) in [4.78, 5) is 2.50. The summed E-state index contributed by atoms with van der Waals surface area (Å²) in [5.41, 5.74) is 4.03. The number of ether oxygens (including phenoxy) is 2. The number of benzene rings is 2. The lowest BCUT2D eigenvalue weighted by Gasteiger charge is -2.31. The SMILES string of the molecule is COc1cc(C(C)O)ccc1OCCCN1CCC(c2noc3cc(C)ccc23)CC1. The molecule has 6 heteroatoms. The molecule has 0 saturated carbocycles. The lowest BCUT2D eigenvalue weighted by Crippen LogP contribution is -2.34. The molecule has 3 aromatic rings. The van der Waals surface area contributed by atoms with Gasteiger partial charge in [-0.1, -0.05) is 17.3 Å². The quantitative estimate of drug-likeness (QED) is 0.522. The summed E-state index contributed by atoms with van der Waals surface area (Å²) in [5, 5.41) is 15.3. The van der Waals surface area contributed by atoms with Crippen molar-refractivity contribution in [3.05, 3.63) is 53.2 Å². The van der Waals surface area contributed by atoms with Crippen LogP contribution in [0.25, 0.3) is 11.0 Å². The van der Waals surface area contributed by atoms with Crippen molar-refractivity contribution in [3.63, 3.8) is 0 Å². The topological polar surface area (TPSA) is 68.0 Å². The van der Waals surface area contributed by atoms with Crippen molar-refractivity contribution in [2.24, 2.45) is 0 Å². The third kappa shape index (κ3) is 5.02. The third-order valence-electron chi connectivity index (χ3n) is 6.18. The molecule has 2 heterocycles. The van der Waals surface area contributed by atoms with Gasteiger partial charge in [-0.15, -0.1) is 0 Å². The van der Waals surface area contributed by atoms with Crippen LogP contribution in [-0.2, 0) is 0 Å². The second-order valence-electron chi connectivity index (χ2n) is 8.47. The van der Waals surface area contributed by atoms with Crippen molar-refractivity contribution in [1.29, 1.82) is 0 Å². The van der Waals surface area contributed by atoms with Crippen LogP contribution in [0.1, 0.15) is 55.0 Å². The smallest absolute Gasteiger partial charge is 0.167 e. The number of aromatic nitrogens is 1. The Morgan fingerprint density at radius 1 is 1.16 bits per heavy atom. The third-order valence-corrected chi connectivity index (χ3v) is 6.18. The van der Waals surface area contributed by atoms with E-state index in [9.17, 15) is 5.11 Å². The van der Waals surface area contributed by atoms with Gasteiger partial charge in [0.15, 0.2) is 17.1 Å². The molecule has 0 bridgehead atoms. The normalized spacial score (nSPS) is 16.5. The van der Waals surface area contributed by atoms with E-state index in [-0.39, 0.29) is 0 Å². The minimum atomic E-state index is -0.523. The molecular weight excluding hydrogens is 392 g/mol. The number of likely N-dealkylation sites (tertiary alicyclic amines) is 1. The molecule has 0 radical (unpaired) electrons. The predicted octanol–water partition coefficient (Wildman–Crippen LogP) is 4.85. The second kappa shape index (κ2) is 9.71. The number of methoxy groups -OCH3 is 1. The lowest BCUT2D eigenvalue weighted by atomic mass is 9.91. The van der Waals surface area contributed by atoms with Crippen molar-refractivity contribution in [1.82, 2.24) is 10.1 Å². The van der Waals surface area contributed by atoms with E-state index in [0.717, 1.165) is 66.9 Å². The number of hydrogen-bond acceptors (Lipinski definition) is 6. The molecule has 6 nitrogen and oxygen atoms in total. The number of piperidine rings is 1. The van der Waals surface area contributed by atoms with Gasteiger partial charge in [-0.25, -0.2) is 0 Å². The summed E-state index contributed by atoms with van der Waals surface area (Å²) < 4.78 is 16.9. The molecule has 1 atom stereocenters. The summed E-state index contributed by atoms with van der Waals surface area (Å²) in [5.74, 6) is 1.85. The molecule has 1 aromatic heterocycles. The Hall–Kier alpha value is -2.57. The number of hydrogen-bond donors (Lipinski definition) is 1. The zero-order chi connectivity index (χ0) is 21.8. The van der Waals surface area contributed by atoms with E-state index >= 15 is 0 Å². The Kier molecular flexibility index (Phi) is 6.78. The molecule has 0 amide bonds. The first kappa shape index (κ1) is 21.7. The maximum Gasteiger partial charge on any atom is 0.167 e. The summed E-state index contributed by atoms with van der Waals surface area (Å²) in [6.45, 7) is 7.60. The molecule has 1 saturated heterocycles. The highest BCUT2D eigenvalue weighted by Gasteiger charge is 2.24. The second-order valence-corrected chi connectivity index (χ2v) is 8.47. The van der Waals surface area contributed by atoms with Crippen LogP contribution < -0.4 is 9.47 Å². The van der Waals surface area contributed by atoms with Crippen LogP contribution in [0.5, 0.6) is 11.5 Å². The van der Waals surface area contributed by atoms with Crippen LogP contribution >= 0.6 is 0 Å². The van der Waals surface area contributed by atoms with Crippen LogP contribution in [-0.4, -0.2) is 48.5 Å². The van der Waals surface area contributed by atoms with E-state index in [4.69, 9.17) is 14.0 Å². The first-order chi connectivity index (χ1) is 15.0. The van der Waals surface area contributed by atoms with Gasteiger partial charge < -0.3 is 24.0 Å². The average Bonchev–Trinajstić information content (AvgIpc) is 3.20. The first-order valence-electron chi connectivity index (χ1n) is 11.1. The number of fused-ring (bicyclic) bond motifs is 1. The van der Waals surface area contributed by atoms with Gasteiger partial charge in [0.25, 0.3) is 0 Å². The molecule has 1 N–H and O–H groups in total. The maximum atomic E-state index is 9.72. The van der Waals surface area contributed by atoms with Gasteiger partial charge in [0.2, 0.25) is 0 Å². The predicted molar refractivity (Wildman–Crippen MR) is 121 cm³/mol. The monoisotopic (exact) mass is 424 g/mol. The molecule has 1 fully saturated rings. The van der Waals surface area contributed by atoms with Gasteiger partial charge in [0.1, 0.15) is 0 Å². The molecule has 1 unspecified atom stereocenters. The number of aliphatic hydroxyl groups excluding tert-OH is 1. The number of rotatable bonds is 8. The van der Waals surface area contributed by atoms with Crippen molar-refractivity contribution < 1.29 is 19.1 Å². The molecular formula is C25H32N2O4. The fourth-order valence-electron chi connectivity index (χ4n) is 4.32. The summed E-state index contributed by atoms with van der Waals surface area (Å²) in [7, 11) is 1.62. The molecule has 4 rings (SSSR count). The van der Waals surface area contributed by atoms with E-state index in [1.54, 1.807) is 14.0 Å². The van der Waals surface area contributed by atoms with Gasteiger partial charge in [-0.3, -0.25) is 0 Å². The molecule has 1 aliphatic heterocycles. The van der Waals surface area contributed by atoms with E-state index in [0.29, 0.717) is 18.3 Å². The van der Waals surface area contributed by atoms with E-state index < -0.39 is 6.10 Å². The molecule has 0 spiro atoms. The lowest BCUT2D eigenvalue weighted by molar-refractivity contribution is 0.188. The highest BCUT2D eigenvalue weighted by atomic mass is 16.5. The zero-order valence-corrected chi connectivity index (χ0v) is 18.6. The van der Waals surface area contributed by atoms with E-state index in [1.807, 2.05) is 18.2 Å². The number of aryl methyl sites for hydroxylation is 1. The number of aliphatic hydroxyl groups is 1. The Labute approximate surface area is 183 Å². The molecule has 1 aliphatic rings. The van der Waals surface area contributed by atoms with Crippen molar-refractivity contribution in [2.45, 2.75) is 45.1 Å². The fraction of sp³-hybridized carbons (Fsp3) is 0.480. The maximum absolute atomic E-state index is 9.72. The Morgan fingerprint density at radius 3 is 2.71 bits per heavy atom. The van der Waals surface area contributed by atoms with Crippen LogP contribution in [0.2, 0.25) is 0 Å². The van der Waals surface area contributed by atoms with Gasteiger partial charge in [0.05, 0.1) is 25.5 Å². The van der Waals surface area contributed by atoms with Crippen LogP contribution in [0, 0.1) is 6.92 Å². The van der Waals surface area contributed by atoms with E-state index in [1.165, 1.54) is 5.56 Å². The first-order valence-corrected chi connectivity index (χ1v) is 11.1. The highest BCUT2D eigenvalue weighted by Crippen LogP contribution is 2.33. The summed E-state index contributed by atoms with van der Waals surface area (Å²) in [6, 6.07) is 11.9. The van der Waals surface area contributed by atoms with Gasteiger partial charge >= 0.3 is 0 Å². The Bertz CT molecular complexity index is 1010. The van der Waals surface area contributed by atoms with Crippen LogP contribution in [0.15, 0.2) is 40.9 Å². The molecule has 2 aromatic carbocycles. The minimum Gasteiger partial charge on any atom is -0.493 e. The molecule has 0 aliphatic carbocycles. The fourth-order valence-corrected chi connectivity index (χ4v) is 4.32. The summed E-state index contributed by atoms with van der Waals surface area (Å²) in [6.07, 6.45) is 2.64. The zero-order valence-electron chi connectivity index (χ0n) is 18.6. The minimum absolute atomic E-state index is 0.466. The average molecular weight is 425 g/mol. The highest BCUT2D eigenvalue weighted by molar-refractivity contribution is 5.80. The Morgan fingerprint density at radius 2 is 1.97 bits per heavy atom. The van der Waals surface area contributed by atoms with Crippen molar-refractivity contribution in [3.8, 4) is 11.5 Å². The molecule has 166 valence electrons.